The summed E-state index contributed by atoms with van der Waals surface area (Å²) in [4.78, 5) is 31.1. The van der Waals surface area contributed by atoms with E-state index in [1.165, 1.54) is 37.4 Å². The normalized spacial score (nSPS) is 21.6. The number of urea groups is 1. The number of pyridine rings is 1. The third-order valence-electron chi connectivity index (χ3n) is 6.92. The lowest BCUT2D eigenvalue weighted by molar-refractivity contribution is -0.124. The molecule has 1 aromatic rings. The molecule has 8 heteroatoms. The molecular weight excluding hydrogens is 402 g/mol. The first-order chi connectivity index (χ1) is 14.8. The van der Waals surface area contributed by atoms with E-state index < -0.39 is 29.8 Å². The first kappa shape index (κ1) is 21.5. The Morgan fingerprint density at radius 3 is 2.35 bits per heavy atom. The van der Waals surface area contributed by atoms with Crippen LogP contribution in [0.1, 0.15) is 56.9 Å². The van der Waals surface area contributed by atoms with Gasteiger partial charge in [0.1, 0.15) is 11.6 Å². The average molecular weight is 430 g/mol. The fourth-order valence-corrected chi connectivity index (χ4v) is 4.19. The van der Waals surface area contributed by atoms with Gasteiger partial charge in [0.2, 0.25) is 5.91 Å². The van der Waals surface area contributed by atoms with Crippen molar-refractivity contribution in [1.29, 1.82) is 0 Å². The van der Waals surface area contributed by atoms with Crippen LogP contribution in [0.4, 0.5) is 13.6 Å². The summed E-state index contributed by atoms with van der Waals surface area (Å²) in [6.07, 6.45) is 13.0. The second-order valence-corrected chi connectivity index (χ2v) is 9.18. The van der Waals surface area contributed by atoms with E-state index in [1.54, 1.807) is 4.90 Å². The minimum atomic E-state index is -3.14. The predicted octanol–water partition coefficient (Wildman–Crippen LogP) is 3.19. The molecule has 1 spiro atoms. The number of hydrogen-bond acceptors (Lipinski definition) is 3. The largest absolute Gasteiger partial charge is 0.338 e. The van der Waals surface area contributed by atoms with Crippen molar-refractivity contribution in [3.05, 3.63) is 30.1 Å². The Bertz CT molecular complexity index is 865. The van der Waals surface area contributed by atoms with E-state index in [0.29, 0.717) is 31.3 Å². The molecule has 1 aliphatic heterocycles. The van der Waals surface area contributed by atoms with Gasteiger partial charge in [-0.15, -0.1) is 6.42 Å². The molecular formula is C23H28F2N4O2. The van der Waals surface area contributed by atoms with E-state index in [1.807, 2.05) is 0 Å². The molecule has 0 radical (unpaired) electrons. The molecule has 1 atom stereocenters. The van der Waals surface area contributed by atoms with Gasteiger partial charge in [-0.25, -0.2) is 13.6 Å². The van der Waals surface area contributed by atoms with E-state index in [-0.39, 0.29) is 18.0 Å². The maximum atomic E-state index is 14.7. The van der Waals surface area contributed by atoms with Crippen molar-refractivity contribution >= 4 is 11.9 Å². The zero-order valence-electron chi connectivity index (χ0n) is 17.5. The summed E-state index contributed by atoms with van der Waals surface area (Å²) in [7, 11) is 0. The van der Waals surface area contributed by atoms with Crippen LogP contribution in [0.25, 0.3) is 0 Å². The van der Waals surface area contributed by atoms with E-state index in [9.17, 15) is 18.4 Å². The minimum Gasteiger partial charge on any atom is -0.338 e. The number of carbonyl (C=O) groups excluding carboxylic acids is 2. The van der Waals surface area contributed by atoms with E-state index in [4.69, 9.17) is 6.42 Å². The van der Waals surface area contributed by atoms with Gasteiger partial charge in [-0.05, 0) is 62.5 Å². The fraction of sp³-hybridized carbons (Fsp3) is 0.609. The minimum absolute atomic E-state index is 0.166. The summed E-state index contributed by atoms with van der Waals surface area (Å²) in [5.74, 6) is -1.09. The quantitative estimate of drug-likeness (QED) is 0.653. The Morgan fingerprint density at radius 1 is 1.16 bits per heavy atom. The van der Waals surface area contributed by atoms with Gasteiger partial charge < -0.3 is 15.5 Å². The number of rotatable bonds is 7. The van der Waals surface area contributed by atoms with Gasteiger partial charge in [0.25, 0.3) is 5.92 Å². The van der Waals surface area contributed by atoms with Gasteiger partial charge >= 0.3 is 6.03 Å². The van der Waals surface area contributed by atoms with E-state index in [2.05, 4.69) is 21.5 Å². The molecule has 3 fully saturated rings. The number of piperidine rings is 1. The maximum Gasteiger partial charge on any atom is 0.318 e. The van der Waals surface area contributed by atoms with Crippen molar-refractivity contribution in [1.82, 2.24) is 20.5 Å². The highest BCUT2D eigenvalue weighted by atomic mass is 19.3. The van der Waals surface area contributed by atoms with Crippen LogP contribution in [0.3, 0.4) is 0 Å². The summed E-state index contributed by atoms with van der Waals surface area (Å²) in [6, 6.07) is 1.05. The third-order valence-corrected chi connectivity index (χ3v) is 6.92. The third kappa shape index (κ3) is 4.97. The standard InChI is InChI=1S/C23H28F2N4O2/c1-2-22(9-10-22)28-19(30)18(3-6-23(24,25)17-4-13-26-14-5-17)27-20(31)29-15-11-21(7-8-21)12-16-29/h1,4-5,13-14,18H,3,6-12,15-16H2,(H,27,31)(H,28,30)/t18-/m0/s1. The van der Waals surface area contributed by atoms with Crippen LogP contribution in [0.2, 0.25) is 0 Å². The number of aromatic nitrogens is 1. The molecule has 31 heavy (non-hydrogen) atoms. The molecule has 2 aliphatic carbocycles. The van der Waals surface area contributed by atoms with Gasteiger partial charge in [0, 0.05) is 37.5 Å². The summed E-state index contributed by atoms with van der Waals surface area (Å²) in [6.45, 7) is 1.25. The molecule has 1 aromatic heterocycles. The number of nitrogens with one attached hydrogen (secondary N) is 2. The Labute approximate surface area is 181 Å². The van der Waals surface area contributed by atoms with E-state index in [0.717, 1.165) is 12.8 Å². The van der Waals surface area contributed by atoms with Crippen LogP contribution < -0.4 is 10.6 Å². The van der Waals surface area contributed by atoms with Crippen LogP contribution >= 0.6 is 0 Å². The molecule has 2 saturated carbocycles. The van der Waals surface area contributed by atoms with Crippen LogP contribution in [0, 0.1) is 17.8 Å². The van der Waals surface area contributed by atoms with Crippen LogP contribution in [0.15, 0.2) is 24.5 Å². The van der Waals surface area contributed by atoms with Crippen molar-refractivity contribution in [3.63, 3.8) is 0 Å². The molecule has 2 N–H and O–H groups in total. The van der Waals surface area contributed by atoms with Crippen molar-refractivity contribution in [2.45, 2.75) is 68.9 Å². The van der Waals surface area contributed by atoms with Crippen LogP contribution in [-0.2, 0) is 10.7 Å². The van der Waals surface area contributed by atoms with Crippen LogP contribution in [0.5, 0.6) is 0 Å². The Kier molecular flexibility index (Phi) is 5.63. The Balaban J connectivity index is 1.40. The van der Waals surface area contributed by atoms with Crippen molar-refractivity contribution in [2.75, 3.05) is 13.1 Å². The molecule has 6 nitrogen and oxygen atoms in total. The molecule has 0 aromatic carbocycles. The number of likely N-dealkylation sites (tertiary alicyclic amines) is 1. The summed E-state index contributed by atoms with van der Waals surface area (Å²) in [5, 5.41) is 5.45. The van der Waals surface area contributed by atoms with Gasteiger partial charge in [-0.1, -0.05) is 5.92 Å². The molecule has 1 saturated heterocycles. The van der Waals surface area contributed by atoms with Crippen molar-refractivity contribution < 1.29 is 18.4 Å². The van der Waals surface area contributed by atoms with Crippen LogP contribution in [-0.4, -0.2) is 46.5 Å². The van der Waals surface area contributed by atoms with Gasteiger partial charge in [-0.3, -0.25) is 9.78 Å². The highest BCUT2D eigenvalue weighted by Crippen LogP contribution is 2.53. The lowest BCUT2D eigenvalue weighted by atomic mass is 9.94. The lowest BCUT2D eigenvalue weighted by Gasteiger charge is -2.33. The number of alkyl halides is 2. The zero-order chi connectivity index (χ0) is 22.1. The number of hydrogen-bond donors (Lipinski definition) is 2. The molecule has 3 aliphatic rings. The maximum absolute atomic E-state index is 14.7. The van der Waals surface area contributed by atoms with Gasteiger partial charge in [0.15, 0.2) is 0 Å². The fourth-order valence-electron chi connectivity index (χ4n) is 4.19. The topological polar surface area (TPSA) is 74.3 Å². The molecule has 2 heterocycles. The van der Waals surface area contributed by atoms with Crippen molar-refractivity contribution in [3.8, 4) is 12.3 Å². The zero-order valence-corrected chi connectivity index (χ0v) is 17.5. The second kappa shape index (κ2) is 8.10. The number of nitrogens with zero attached hydrogens (tertiary/aromatic N) is 2. The average Bonchev–Trinajstić information content (AvgIpc) is 3.70. The van der Waals surface area contributed by atoms with Gasteiger partial charge in [0.05, 0.1) is 0 Å². The summed E-state index contributed by atoms with van der Waals surface area (Å²) in [5.41, 5.74) is -0.469. The molecule has 0 unspecified atom stereocenters. The highest BCUT2D eigenvalue weighted by Gasteiger charge is 2.46. The highest BCUT2D eigenvalue weighted by molar-refractivity contribution is 5.88. The Morgan fingerprint density at radius 2 is 1.81 bits per heavy atom. The Hall–Kier alpha value is -2.69. The van der Waals surface area contributed by atoms with Gasteiger partial charge in [-0.2, -0.15) is 0 Å². The predicted molar refractivity (Wildman–Crippen MR) is 111 cm³/mol. The lowest BCUT2D eigenvalue weighted by Crippen LogP contribution is -2.54. The molecule has 0 bridgehead atoms. The SMILES string of the molecule is C#CC1(NC(=O)[C@H](CCC(F)(F)c2ccncc2)NC(=O)N2CCC3(CC2)CC3)CC1. The first-order valence-electron chi connectivity index (χ1n) is 10.9. The monoisotopic (exact) mass is 430 g/mol. The summed E-state index contributed by atoms with van der Waals surface area (Å²) >= 11 is 0. The number of carbonyl (C=O) groups is 2. The second-order valence-electron chi connectivity index (χ2n) is 9.18. The van der Waals surface area contributed by atoms with E-state index >= 15 is 0 Å². The number of terminal acetylenes is 1. The molecule has 166 valence electrons. The molecule has 4 rings (SSSR count). The summed E-state index contributed by atoms with van der Waals surface area (Å²) < 4.78 is 29.3. The number of amides is 3. The first-order valence-corrected chi connectivity index (χ1v) is 10.9. The smallest absolute Gasteiger partial charge is 0.318 e. The number of halogens is 2. The molecule has 3 amide bonds. The van der Waals surface area contributed by atoms with Crippen molar-refractivity contribution in [2.24, 2.45) is 5.41 Å².